The number of benzene rings is 1. The van der Waals surface area contributed by atoms with Gasteiger partial charge in [0.15, 0.2) is 0 Å². The lowest BCUT2D eigenvalue weighted by Crippen LogP contribution is -2.53. The molecule has 1 unspecified atom stereocenters. The Kier molecular flexibility index (Phi) is 6.96. The van der Waals surface area contributed by atoms with Crippen molar-refractivity contribution in [1.29, 1.82) is 0 Å². The van der Waals surface area contributed by atoms with Crippen LogP contribution in [0.2, 0.25) is 5.02 Å². The Bertz CT molecular complexity index is 1130. The molecule has 0 saturated carbocycles. The zero-order valence-corrected chi connectivity index (χ0v) is 21.8. The molecule has 7 nitrogen and oxygen atoms in total. The molecule has 0 radical (unpaired) electrons. The van der Waals surface area contributed by atoms with Crippen LogP contribution in [0.4, 0.5) is 5.69 Å². The molecule has 4 heterocycles. The van der Waals surface area contributed by atoms with Crippen LogP contribution in [0.25, 0.3) is 0 Å². The lowest BCUT2D eigenvalue weighted by molar-refractivity contribution is -0.154. The summed E-state index contributed by atoms with van der Waals surface area (Å²) in [4.78, 5) is 45.1. The topological polar surface area (TPSA) is 87.1 Å². The minimum atomic E-state index is -0.908. The Balaban J connectivity index is 1.61. The number of anilines is 1. The summed E-state index contributed by atoms with van der Waals surface area (Å²) in [6.07, 6.45) is 10.6. The van der Waals surface area contributed by atoms with E-state index in [4.69, 9.17) is 16.3 Å². The molecule has 1 N–H and O–H groups in total. The molecule has 0 bridgehead atoms. The number of carbonyl (C=O) groups excluding carboxylic acids is 3. The molecule has 5 atom stereocenters. The molecule has 0 aromatic heterocycles. The second-order valence-corrected chi connectivity index (χ2v) is 12.2. The first kappa shape index (κ1) is 25.4. The molecule has 9 heteroatoms. The maximum Gasteiger partial charge on any atom is 0.311 e. The Morgan fingerprint density at radius 3 is 2.67 bits per heavy atom. The highest BCUT2D eigenvalue weighted by atomic mass is 35.5. The maximum absolute atomic E-state index is 14.3. The SMILES string of the molecule is C[C@]12C=CCCOC(=O)[C@H]1[C@H]1C(=O)N(CCCCCO)C3C(=O)N(c4ccccc4Cl)CC=C[C@@]31S2. The van der Waals surface area contributed by atoms with E-state index in [9.17, 15) is 19.5 Å². The highest BCUT2D eigenvalue weighted by Crippen LogP contribution is 2.65. The summed E-state index contributed by atoms with van der Waals surface area (Å²) in [6.45, 7) is 3.04. The van der Waals surface area contributed by atoms with Crippen molar-refractivity contribution in [3.8, 4) is 0 Å². The van der Waals surface area contributed by atoms with Gasteiger partial charge in [-0.3, -0.25) is 14.4 Å². The second-order valence-electron chi connectivity index (χ2n) is 9.97. The molecule has 0 aliphatic carbocycles. The van der Waals surface area contributed by atoms with Gasteiger partial charge in [-0.25, -0.2) is 0 Å². The number of nitrogens with zero attached hydrogens (tertiary/aromatic N) is 2. The number of carbonyl (C=O) groups is 3. The molecule has 2 saturated heterocycles. The van der Waals surface area contributed by atoms with Crippen LogP contribution in [0.5, 0.6) is 0 Å². The standard InChI is InChI=1S/C27H31ClN2O5S/c1-26-12-5-8-17-35-25(34)21(26)20-23(32)30(14-6-2-7-16-31)22-24(33)29(15-9-13-27(20,22)36-26)19-11-4-3-10-18(19)28/h3-5,9-13,20-22,31H,2,6-8,14-17H2,1H3/t20-,21+,22?,26-,27-/m0/s1. The van der Waals surface area contributed by atoms with Gasteiger partial charge in [0.05, 0.1) is 33.9 Å². The molecule has 1 spiro atoms. The lowest BCUT2D eigenvalue weighted by Gasteiger charge is -2.37. The van der Waals surface area contributed by atoms with Crippen LogP contribution in [0, 0.1) is 11.8 Å². The van der Waals surface area contributed by atoms with E-state index in [1.807, 2.05) is 49.4 Å². The number of unbranched alkanes of at least 4 members (excludes halogenated alkanes) is 2. The largest absolute Gasteiger partial charge is 0.465 e. The van der Waals surface area contributed by atoms with Crippen molar-refractivity contribution in [3.05, 3.63) is 53.6 Å². The Labute approximate surface area is 220 Å². The Morgan fingerprint density at radius 1 is 1.08 bits per heavy atom. The van der Waals surface area contributed by atoms with Gasteiger partial charge in [0, 0.05) is 24.4 Å². The molecule has 36 heavy (non-hydrogen) atoms. The molecule has 2 amide bonds. The van der Waals surface area contributed by atoms with Gasteiger partial charge in [0.25, 0.3) is 5.91 Å². The van der Waals surface area contributed by atoms with Crippen LogP contribution < -0.4 is 4.90 Å². The Hall–Kier alpha value is -2.29. The van der Waals surface area contributed by atoms with Gasteiger partial charge in [-0.1, -0.05) is 48.0 Å². The van der Waals surface area contributed by atoms with E-state index in [0.717, 1.165) is 6.42 Å². The third-order valence-electron chi connectivity index (χ3n) is 7.72. The molecular formula is C27H31ClN2O5S. The summed E-state index contributed by atoms with van der Waals surface area (Å²) < 4.78 is 3.98. The molecule has 4 aliphatic heterocycles. The van der Waals surface area contributed by atoms with Crippen molar-refractivity contribution >= 4 is 46.8 Å². The zero-order valence-electron chi connectivity index (χ0n) is 20.3. The van der Waals surface area contributed by atoms with Crippen molar-refractivity contribution in [3.63, 3.8) is 0 Å². The number of aliphatic hydroxyl groups is 1. The summed E-state index contributed by atoms with van der Waals surface area (Å²) in [5, 5.41) is 9.67. The van der Waals surface area contributed by atoms with Gasteiger partial charge < -0.3 is 19.6 Å². The highest BCUT2D eigenvalue weighted by molar-refractivity contribution is 8.02. The summed E-state index contributed by atoms with van der Waals surface area (Å²) in [5.74, 6) is -2.17. The second kappa shape index (κ2) is 9.88. The van der Waals surface area contributed by atoms with Crippen molar-refractivity contribution in [2.24, 2.45) is 11.8 Å². The number of thioether (sulfide) groups is 1. The van der Waals surface area contributed by atoms with Gasteiger partial charge in [0.1, 0.15) is 6.04 Å². The van der Waals surface area contributed by atoms with E-state index in [1.54, 1.807) is 15.9 Å². The van der Waals surface area contributed by atoms with E-state index in [2.05, 4.69) is 0 Å². The predicted molar refractivity (Wildman–Crippen MR) is 140 cm³/mol. The average Bonchev–Trinajstić information content (AvgIpc) is 3.16. The van der Waals surface area contributed by atoms with E-state index in [1.165, 1.54) is 11.8 Å². The summed E-state index contributed by atoms with van der Waals surface area (Å²) in [6, 6.07) is 6.43. The fourth-order valence-electron chi connectivity index (χ4n) is 6.19. The van der Waals surface area contributed by atoms with E-state index in [0.29, 0.717) is 43.1 Å². The van der Waals surface area contributed by atoms with E-state index in [-0.39, 0.29) is 31.0 Å². The van der Waals surface area contributed by atoms with Crippen LogP contribution in [0.3, 0.4) is 0 Å². The first-order valence-corrected chi connectivity index (χ1v) is 13.7. The van der Waals surface area contributed by atoms with Gasteiger partial charge >= 0.3 is 5.97 Å². The third-order valence-corrected chi connectivity index (χ3v) is 9.84. The van der Waals surface area contributed by atoms with E-state index < -0.39 is 27.4 Å². The number of halogens is 1. The first-order valence-electron chi connectivity index (χ1n) is 12.5. The predicted octanol–water partition coefficient (Wildman–Crippen LogP) is 3.60. The molecule has 192 valence electrons. The van der Waals surface area contributed by atoms with Crippen LogP contribution >= 0.6 is 23.4 Å². The number of fused-ring (bicyclic) bond motifs is 2. The number of ether oxygens (including phenoxy) is 1. The Morgan fingerprint density at radius 2 is 1.89 bits per heavy atom. The number of esters is 1. The monoisotopic (exact) mass is 530 g/mol. The number of amides is 2. The number of rotatable bonds is 6. The smallest absolute Gasteiger partial charge is 0.311 e. The van der Waals surface area contributed by atoms with Gasteiger partial charge in [-0.05, 0) is 44.7 Å². The van der Waals surface area contributed by atoms with Crippen LogP contribution in [0.15, 0.2) is 48.6 Å². The van der Waals surface area contributed by atoms with Gasteiger partial charge in [0.2, 0.25) is 5.91 Å². The van der Waals surface area contributed by atoms with Gasteiger partial charge in [-0.15, -0.1) is 11.8 Å². The van der Waals surface area contributed by atoms with Crippen molar-refractivity contribution in [2.75, 3.05) is 31.2 Å². The summed E-state index contributed by atoms with van der Waals surface area (Å²) in [5.41, 5.74) is 0.599. The minimum absolute atomic E-state index is 0.0837. The number of cyclic esters (lactones) is 1. The lowest BCUT2D eigenvalue weighted by atomic mass is 9.74. The minimum Gasteiger partial charge on any atom is -0.465 e. The first-order chi connectivity index (χ1) is 17.3. The highest BCUT2D eigenvalue weighted by Gasteiger charge is 2.73. The number of hydrogen-bond acceptors (Lipinski definition) is 6. The molecule has 5 rings (SSSR count). The molecule has 4 aliphatic rings. The van der Waals surface area contributed by atoms with Gasteiger partial charge in [-0.2, -0.15) is 0 Å². The number of para-hydroxylation sites is 1. The van der Waals surface area contributed by atoms with Crippen molar-refractivity contribution in [1.82, 2.24) is 4.90 Å². The van der Waals surface area contributed by atoms with Crippen LogP contribution in [-0.2, 0) is 19.1 Å². The molecule has 1 aromatic rings. The number of likely N-dealkylation sites (tertiary alicyclic amines) is 1. The van der Waals surface area contributed by atoms with Crippen LogP contribution in [0.1, 0.15) is 32.6 Å². The zero-order chi connectivity index (χ0) is 25.5. The number of hydrogen-bond donors (Lipinski definition) is 1. The molecular weight excluding hydrogens is 500 g/mol. The number of aliphatic hydroxyl groups excluding tert-OH is 1. The third kappa shape index (κ3) is 3.98. The fraction of sp³-hybridized carbons (Fsp3) is 0.519. The molecule has 1 aromatic carbocycles. The fourth-order valence-corrected chi connectivity index (χ4v) is 8.58. The van der Waals surface area contributed by atoms with Crippen LogP contribution in [-0.4, -0.2) is 69.6 Å². The normalized spacial score (nSPS) is 33.5. The quantitative estimate of drug-likeness (QED) is 0.343. The average molecular weight is 531 g/mol. The van der Waals surface area contributed by atoms with E-state index >= 15 is 0 Å². The van der Waals surface area contributed by atoms with Crippen molar-refractivity contribution in [2.45, 2.75) is 48.1 Å². The van der Waals surface area contributed by atoms with Crippen molar-refractivity contribution < 1.29 is 24.2 Å². The molecule has 2 fully saturated rings. The maximum atomic E-state index is 14.3. The summed E-state index contributed by atoms with van der Waals surface area (Å²) >= 11 is 8.03. The summed E-state index contributed by atoms with van der Waals surface area (Å²) in [7, 11) is 0.